The zero-order chi connectivity index (χ0) is 8.27. The van der Waals surface area contributed by atoms with Crippen LogP contribution in [0.2, 0.25) is 0 Å². The first kappa shape index (κ1) is 8.97. The number of rotatable bonds is 2. The van der Waals surface area contributed by atoms with E-state index in [-0.39, 0.29) is 0 Å². The Labute approximate surface area is 68.9 Å². The van der Waals surface area contributed by atoms with E-state index in [1.54, 1.807) is 0 Å². The summed E-state index contributed by atoms with van der Waals surface area (Å²) in [4.78, 5) is 0. The molecule has 0 bridgehead atoms. The summed E-state index contributed by atoms with van der Waals surface area (Å²) in [5, 5.41) is 5.37. The summed E-state index contributed by atoms with van der Waals surface area (Å²) in [6, 6.07) is 0.605. The van der Waals surface area contributed by atoms with E-state index in [4.69, 9.17) is 5.84 Å². The molecule has 1 unspecified atom stereocenters. The van der Waals surface area contributed by atoms with Gasteiger partial charge in [-0.1, -0.05) is 13.8 Å². The first-order valence-electron chi connectivity index (χ1n) is 4.41. The maximum atomic E-state index is 5.69. The minimum atomic E-state index is 0.605. The number of hydrazine groups is 1. The Morgan fingerprint density at radius 3 is 2.91 bits per heavy atom. The van der Waals surface area contributed by atoms with E-state index < -0.39 is 0 Å². The van der Waals surface area contributed by atoms with Crippen molar-refractivity contribution in [3.05, 3.63) is 0 Å². The summed E-state index contributed by atoms with van der Waals surface area (Å²) >= 11 is 0. The molecule has 11 heavy (non-hydrogen) atoms. The van der Waals surface area contributed by atoms with Crippen LogP contribution in [-0.4, -0.2) is 30.7 Å². The number of hydrogen-bond donors (Lipinski definition) is 2. The largest absolute Gasteiger partial charge is 0.311 e. The highest BCUT2D eigenvalue weighted by molar-refractivity contribution is 4.76. The fourth-order valence-corrected chi connectivity index (χ4v) is 1.58. The van der Waals surface area contributed by atoms with Gasteiger partial charge < -0.3 is 5.32 Å². The van der Waals surface area contributed by atoms with Crippen molar-refractivity contribution in [2.24, 2.45) is 11.8 Å². The van der Waals surface area contributed by atoms with Crippen LogP contribution in [0.3, 0.4) is 0 Å². The monoisotopic (exact) mass is 157 g/mol. The second-order valence-corrected chi connectivity index (χ2v) is 3.78. The highest BCUT2D eigenvalue weighted by atomic mass is 15.4. The number of hydrogen-bond acceptors (Lipinski definition) is 3. The number of piperazine rings is 1. The number of nitrogens with one attached hydrogen (secondary N) is 1. The lowest BCUT2D eigenvalue weighted by molar-refractivity contribution is 0.190. The van der Waals surface area contributed by atoms with Gasteiger partial charge in [0.1, 0.15) is 0 Å². The van der Waals surface area contributed by atoms with Crippen molar-refractivity contribution in [3.63, 3.8) is 0 Å². The summed E-state index contributed by atoms with van der Waals surface area (Å²) in [6.45, 7) is 7.51. The summed E-state index contributed by atoms with van der Waals surface area (Å²) < 4.78 is 0. The van der Waals surface area contributed by atoms with Crippen LogP contribution in [0.15, 0.2) is 0 Å². The predicted molar refractivity (Wildman–Crippen MR) is 47.0 cm³/mol. The van der Waals surface area contributed by atoms with E-state index in [1.165, 1.54) is 6.42 Å². The number of nitrogens with two attached hydrogens (primary N) is 1. The van der Waals surface area contributed by atoms with Crippen LogP contribution in [0.4, 0.5) is 0 Å². The Hall–Kier alpha value is -0.120. The molecule has 1 aliphatic rings. The highest BCUT2D eigenvalue weighted by Crippen LogP contribution is 2.06. The zero-order valence-electron chi connectivity index (χ0n) is 7.51. The van der Waals surface area contributed by atoms with E-state index in [0.717, 1.165) is 25.6 Å². The average molecular weight is 157 g/mol. The summed E-state index contributed by atoms with van der Waals surface area (Å²) in [6.07, 6.45) is 1.23. The van der Waals surface area contributed by atoms with Gasteiger partial charge in [-0.05, 0) is 12.3 Å². The standard InChI is InChI=1S/C8H19N3/c1-7(2)5-8-6-11(9)4-3-10-8/h7-8,10H,3-6,9H2,1-2H3. The first-order valence-corrected chi connectivity index (χ1v) is 4.41. The first-order chi connectivity index (χ1) is 5.18. The predicted octanol–water partition coefficient (Wildman–Crippen LogP) is 0.180. The molecule has 3 heteroatoms. The van der Waals surface area contributed by atoms with Crippen LogP contribution in [0.1, 0.15) is 20.3 Å². The van der Waals surface area contributed by atoms with E-state index in [0.29, 0.717) is 6.04 Å². The zero-order valence-corrected chi connectivity index (χ0v) is 7.51. The van der Waals surface area contributed by atoms with Gasteiger partial charge >= 0.3 is 0 Å². The summed E-state index contributed by atoms with van der Waals surface area (Å²) in [5.41, 5.74) is 0. The number of nitrogens with zero attached hydrogens (tertiary/aromatic N) is 1. The lowest BCUT2D eigenvalue weighted by Gasteiger charge is -2.31. The van der Waals surface area contributed by atoms with Crippen molar-refractivity contribution >= 4 is 0 Å². The van der Waals surface area contributed by atoms with E-state index in [2.05, 4.69) is 19.2 Å². The molecule has 1 aliphatic heterocycles. The molecule has 66 valence electrons. The molecular formula is C8H19N3. The van der Waals surface area contributed by atoms with Crippen molar-refractivity contribution < 1.29 is 0 Å². The third-order valence-corrected chi connectivity index (χ3v) is 2.04. The van der Waals surface area contributed by atoms with Crippen LogP contribution in [0.25, 0.3) is 0 Å². The van der Waals surface area contributed by atoms with E-state index >= 15 is 0 Å². The Morgan fingerprint density at radius 1 is 1.64 bits per heavy atom. The third kappa shape index (κ3) is 3.18. The van der Waals surface area contributed by atoms with Crippen LogP contribution in [-0.2, 0) is 0 Å². The van der Waals surface area contributed by atoms with Crippen molar-refractivity contribution in [3.8, 4) is 0 Å². The molecule has 1 rings (SSSR count). The summed E-state index contributed by atoms with van der Waals surface area (Å²) in [5.74, 6) is 6.46. The molecule has 0 amide bonds. The molecule has 0 aromatic rings. The molecule has 0 aromatic carbocycles. The quantitative estimate of drug-likeness (QED) is 0.562. The highest BCUT2D eigenvalue weighted by Gasteiger charge is 2.17. The van der Waals surface area contributed by atoms with Crippen molar-refractivity contribution in [1.82, 2.24) is 10.3 Å². The van der Waals surface area contributed by atoms with Crippen molar-refractivity contribution in [2.75, 3.05) is 19.6 Å². The third-order valence-electron chi connectivity index (χ3n) is 2.04. The van der Waals surface area contributed by atoms with E-state index in [1.807, 2.05) is 5.01 Å². The Morgan fingerprint density at radius 2 is 2.36 bits per heavy atom. The smallest absolute Gasteiger partial charge is 0.0283 e. The summed E-state index contributed by atoms with van der Waals surface area (Å²) in [7, 11) is 0. The molecule has 0 radical (unpaired) electrons. The Balaban J connectivity index is 2.23. The minimum absolute atomic E-state index is 0.605. The Kier molecular flexibility index (Phi) is 3.30. The fraction of sp³-hybridized carbons (Fsp3) is 1.00. The van der Waals surface area contributed by atoms with E-state index in [9.17, 15) is 0 Å². The van der Waals surface area contributed by atoms with Gasteiger partial charge in [-0.3, -0.25) is 5.84 Å². The maximum Gasteiger partial charge on any atom is 0.0283 e. The molecule has 1 saturated heterocycles. The van der Waals surface area contributed by atoms with Crippen molar-refractivity contribution in [1.29, 1.82) is 0 Å². The van der Waals surface area contributed by atoms with Crippen molar-refractivity contribution in [2.45, 2.75) is 26.3 Å². The molecule has 3 nitrogen and oxygen atoms in total. The lowest BCUT2D eigenvalue weighted by Crippen LogP contribution is -2.53. The van der Waals surface area contributed by atoms with Gasteiger partial charge in [0.25, 0.3) is 0 Å². The van der Waals surface area contributed by atoms with Gasteiger partial charge in [0.15, 0.2) is 0 Å². The Bertz CT molecular complexity index is 112. The average Bonchev–Trinajstić information content (AvgIpc) is 1.85. The topological polar surface area (TPSA) is 41.3 Å². The van der Waals surface area contributed by atoms with Gasteiger partial charge in [-0.2, -0.15) is 0 Å². The molecule has 1 heterocycles. The molecular weight excluding hydrogens is 138 g/mol. The molecule has 1 fully saturated rings. The van der Waals surface area contributed by atoms with Gasteiger partial charge in [-0.25, -0.2) is 5.01 Å². The molecule has 0 aliphatic carbocycles. The van der Waals surface area contributed by atoms with Crippen LogP contribution in [0, 0.1) is 5.92 Å². The minimum Gasteiger partial charge on any atom is -0.311 e. The van der Waals surface area contributed by atoms with Gasteiger partial charge in [0.2, 0.25) is 0 Å². The normalized spacial score (nSPS) is 27.8. The van der Waals surface area contributed by atoms with Gasteiger partial charge in [-0.15, -0.1) is 0 Å². The molecule has 1 atom stereocenters. The molecule has 0 saturated carbocycles. The molecule has 0 spiro atoms. The van der Waals surface area contributed by atoms with Crippen LogP contribution >= 0.6 is 0 Å². The van der Waals surface area contributed by atoms with Crippen LogP contribution in [0.5, 0.6) is 0 Å². The fourth-order valence-electron chi connectivity index (χ4n) is 1.58. The van der Waals surface area contributed by atoms with Gasteiger partial charge in [0, 0.05) is 25.7 Å². The second-order valence-electron chi connectivity index (χ2n) is 3.78. The SMILES string of the molecule is CC(C)CC1CN(N)CCN1. The maximum absolute atomic E-state index is 5.69. The molecule has 3 N–H and O–H groups in total. The second kappa shape index (κ2) is 4.04. The van der Waals surface area contributed by atoms with Crippen LogP contribution < -0.4 is 11.2 Å². The van der Waals surface area contributed by atoms with Gasteiger partial charge in [0.05, 0.1) is 0 Å². The lowest BCUT2D eigenvalue weighted by atomic mass is 10.0. The molecule has 0 aromatic heterocycles.